The van der Waals surface area contributed by atoms with Crippen molar-refractivity contribution in [2.75, 3.05) is 52.6 Å². The average molecular weight is 356 g/mol. The van der Waals surface area contributed by atoms with Crippen LogP contribution in [-0.4, -0.2) is 85.7 Å². The van der Waals surface area contributed by atoms with Gasteiger partial charge in [0.05, 0.1) is 6.54 Å². The molecule has 2 fully saturated rings. The molecular weight excluding hydrogens is 318 g/mol. The lowest BCUT2D eigenvalue weighted by atomic mass is 9.95. The fraction of sp³-hybridized carbons (Fsp3) is 0.944. The van der Waals surface area contributed by atoms with Crippen LogP contribution in [-0.2, 0) is 0 Å². The van der Waals surface area contributed by atoms with Crippen LogP contribution in [0.25, 0.3) is 0 Å². The van der Waals surface area contributed by atoms with Crippen molar-refractivity contribution < 1.29 is 0 Å². The third kappa shape index (κ3) is 6.45. The Morgan fingerprint density at radius 2 is 2.04 bits per heavy atom. The second kappa shape index (κ2) is 10.5. The predicted molar refractivity (Wildman–Crippen MR) is 107 cm³/mol. The van der Waals surface area contributed by atoms with Gasteiger partial charge in [0, 0.05) is 43.5 Å². The van der Waals surface area contributed by atoms with Crippen LogP contribution < -0.4 is 10.6 Å². The molecule has 140 valence electrons. The molecule has 2 N–H and O–H groups in total. The van der Waals surface area contributed by atoms with Gasteiger partial charge >= 0.3 is 0 Å². The molecule has 2 rings (SSSR count). The van der Waals surface area contributed by atoms with Gasteiger partial charge in [-0.15, -0.1) is 0 Å². The first-order chi connectivity index (χ1) is 11.6. The molecular formula is C18H37N5S. The lowest BCUT2D eigenvalue weighted by Crippen LogP contribution is -2.52. The lowest BCUT2D eigenvalue weighted by Gasteiger charge is -2.37. The molecule has 1 saturated heterocycles. The molecule has 1 saturated carbocycles. The fourth-order valence-electron chi connectivity index (χ4n) is 3.67. The molecule has 0 spiro atoms. The number of aliphatic imine (C=N–C) groups is 1. The van der Waals surface area contributed by atoms with E-state index in [1.165, 1.54) is 31.4 Å². The highest BCUT2D eigenvalue weighted by Crippen LogP contribution is 2.28. The number of rotatable bonds is 6. The number of thioether (sulfide) groups is 1. The van der Waals surface area contributed by atoms with Crippen molar-refractivity contribution >= 4 is 17.7 Å². The van der Waals surface area contributed by atoms with Gasteiger partial charge in [-0.05, 0) is 46.0 Å². The predicted octanol–water partition coefficient (Wildman–Crippen LogP) is 1.85. The minimum Gasteiger partial charge on any atom is -0.357 e. The molecule has 3 unspecified atom stereocenters. The second-order valence-corrected chi connectivity index (χ2v) is 8.78. The molecule has 1 heterocycles. The van der Waals surface area contributed by atoms with Crippen molar-refractivity contribution in [2.24, 2.45) is 4.99 Å². The van der Waals surface area contributed by atoms with Gasteiger partial charge < -0.3 is 15.5 Å². The summed E-state index contributed by atoms with van der Waals surface area (Å²) in [7, 11) is 4.43. The van der Waals surface area contributed by atoms with Gasteiger partial charge in [0.2, 0.25) is 0 Å². The van der Waals surface area contributed by atoms with E-state index < -0.39 is 0 Å². The molecule has 0 aromatic carbocycles. The van der Waals surface area contributed by atoms with E-state index in [2.05, 4.69) is 60.1 Å². The molecule has 0 bridgehead atoms. The Morgan fingerprint density at radius 1 is 1.21 bits per heavy atom. The van der Waals surface area contributed by atoms with Crippen molar-refractivity contribution in [1.29, 1.82) is 0 Å². The normalized spacial score (nSPS) is 30.3. The summed E-state index contributed by atoms with van der Waals surface area (Å²) in [5.41, 5.74) is 0. The highest BCUT2D eigenvalue weighted by molar-refractivity contribution is 7.99. The molecule has 2 aliphatic rings. The van der Waals surface area contributed by atoms with Crippen molar-refractivity contribution in [3.05, 3.63) is 0 Å². The number of nitrogens with one attached hydrogen (secondary N) is 2. The van der Waals surface area contributed by atoms with Crippen molar-refractivity contribution in [1.82, 2.24) is 20.4 Å². The van der Waals surface area contributed by atoms with Gasteiger partial charge in [-0.2, -0.15) is 11.8 Å². The summed E-state index contributed by atoms with van der Waals surface area (Å²) in [6.45, 7) is 9.62. The zero-order chi connectivity index (χ0) is 17.4. The number of hydrogen-bond acceptors (Lipinski definition) is 4. The number of likely N-dealkylation sites (N-methyl/N-ethyl adjacent to an activating group) is 2. The lowest BCUT2D eigenvalue weighted by molar-refractivity contribution is 0.119. The summed E-state index contributed by atoms with van der Waals surface area (Å²) in [4.78, 5) is 9.76. The van der Waals surface area contributed by atoms with Gasteiger partial charge in [-0.3, -0.25) is 9.89 Å². The Labute approximate surface area is 153 Å². The first-order valence-corrected chi connectivity index (χ1v) is 10.7. The van der Waals surface area contributed by atoms with E-state index in [-0.39, 0.29) is 0 Å². The molecule has 3 atom stereocenters. The third-order valence-corrected chi connectivity index (χ3v) is 6.39. The van der Waals surface area contributed by atoms with Crippen LogP contribution in [0.4, 0.5) is 0 Å². The van der Waals surface area contributed by atoms with E-state index >= 15 is 0 Å². The van der Waals surface area contributed by atoms with E-state index in [1.54, 1.807) is 0 Å². The van der Waals surface area contributed by atoms with Crippen LogP contribution in [0.2, 0.25) is 0 Å². The maximum absolute atomic E-state index is 4.91. The van der Waals surface area contributed by atoms with Crippen LogP contribution in [0.1, 0.15) is 39.5 Å². The summed E-state index contributed by atoms with van der Waals surface area (Å²) in [6, 6.07) is 1.10. The molecule has 5 nitrogen and oxygen atoms in total. The van der Waals surface area contributed by atoms with Crippen LogP contribution in [0.5, 0.6) is 0 Å². The second-order valence-electron chi connectivity index (χ2n) is 7.20. The van der Waals surface area contributed by atoms with Gasteiger partial charge in [0.15, 0.2) is 5.96 Å². The van der Waals surface area contributed by atoms with E-state index in [4.69, 9.17) is 4.99 Å². The largest absolute Gasteiger partial charge is 0.357 e. The zero-order valence-electron chi connectivity index (χ0n) is 16.1. The van der Waals surface area contributed by atoms with Crippen LogP contribution in [0.3, 0.4) is 0 Å². The van der Waals surface area contributed by atoms with Crippen molar-refractivity contribution in [2.45, 2.75) is 56.9 Å². The fourth-order valence-corrected chi connectivity index (χ4v) is 4.84. The number of piperazine rings is 1. The maximum atomic E-state index is 4.91. The molecule has 1 aliphatic carbocycles. The van der Waals surface area contributed by atoms with E-state index in [9.17, 15) is 0 Å². The van der Waals surface area contributed by atoms with Crippen molar-refractivity contribution in [3.63, 3.8) is 0 Å². The Balaban J connectivity index is 1.87. The van der Waals surface area contributed by atoms with Gasteiger partial charge in [-0.1, -0.05) is 13.3 Å². The van der Waals surface area contributed by atoms with E-state index in [0.717, 1.165) is 43.9 Å². The molecule has 24 heavy (non-hydrogen) atoms. The molecule has 6 heteroatoms. The van der Waals surface area contributed by atoms with Crippen LogP contribution >= 0.6 is 11.8 Å². The summed E-state index contributed by atoms with van der Waals surface area (Å²) in [5, 5.41) is 7.97. The third-order valence-electron chi connectivity index (χ3n) is 5.15. The number of nitrogens with zero attached hydrogens (tertiary/aromatic N) is 3. The van der Waals surface area contributed by atoms with Gasteiger partial charge in [0.25, 0.3) is 0 Å². The van der Waals surface area contributed by atoms with E-state index in [0.29, 0.717) is 12.1 Å². The number of hydrogen-bond donors (Lipinski definition) is 2. The Bertz CT molecular complexity index is 388. The van der Waals surface area contributed by atoms with E-state index in [1.807, 2.05) is 0 Å². The zero-order valence-corrected chi connectivity index (χ0v) is 16.9. The van der Waals surface area contributed by atoms with Gasteiger partial charge in [0.1, 0.15) is 0 Å². The summed E-state index contributed by atoms with van der Waals surface area (Å²) < 4.78 is 0. The topological polar surface area (TPSA) is 42.9 Å². The molecule has 0 aromatic rings. The molecule has 0 amide bonds. The monoisotopic (exact) mass is 355 g/mol. The first kappa shape index (κ1) is 19.9. The Kier molecular flexibility index (Phi) is 8.70. The van der Waals surface area contributed by atoms with Crippen molar-refractivity contribution in [3.8, 4) is 0 Å². The summed E-state index contributed by atoms with van der Waals surface area (Å²) >= 11 is 2.12. The van der Waals surface area contributed by atoms with Gasteiger partial charge in [-0.25, -0.2) is 0 Å². The summed E-state index contributed by atoms with van der Waals surface area (Å²) in [5.74, 6) is 2.24. The SMILES string of the molecule is CCNC(=NCC1CN(C)CCN1C)NC1CCCC(SCC)C1. The highest BCUT2D eigenvalue weighted by Gasteiger charge is 2.24. The Morgan fingerprint density at radius 3 is 2.79 bits per heavy atom. The van der Waals surface area contributed by atoms with Crippen LogP contribution in [0.15, 0.2) is 4.99 Å². The molecule has 0 aromatic heterocycles. The minimum absolute atomic E-state index is 0.522. The molecule has 0 radical (unpaired) electrons. The number of guanidine groups is 1. The average Bonchev–Trinajstić information content (AvgIpc) is 2.56. The maximum Gasteiger partial charge on any atom is 0.191 e. The standard InChI is InChI=1S/C18H37N5S/c1-5-19-18(20-13-16-14-22(3)10-11-23(16)4)21-15-8-7-9-17(12-15)24-6-2/h15-17H,5-14H2,1-4H3,(H2,19,20,21). The smallest absolute Gasteiger partial charge is 0.191 e. The summed E-state index contributed by atoms with van der Waals surface area (Å²) in [6.07, 6.45) is 5.26. The quantitative estimate of drug-likeness (QED) is 0.562. The highest BCUT2D eigenvalue weighted by atomic mass is 32.2. The Hall–Kier alpha value is -0.460. The minimum atomic E-state index is 0.522. The van der Waals surface area contributed by atoms with Crippen LogP contribution in [0, 0.1) is 0 Å². The first-order valence-electron chi connectivity index (χ1n) is 9.67. The molecule has 1 aliphatic heterocycles.